The number of hydrogen-bond donors (Lipinski definition) is 4. The zero-order valence-corrected chi connectivity index (χ0v) is 8.94. The number of carboxylic acid groups (broad SMARTS) is 1. The number of aliphatic carboxylic acids is 1. The van der Waals surface area contributed by atoms with E-state index in [0.29, 0.717) is 0 Å². The first-order chi connectivity index (χ1) is 7.77. The van der Waals surface area contributed by atoms with E-state index in [-0.39, 0.29) is 18.7 Å². The third kappa shape index (κ3) is 7.72. The maximum atomic E-state index is 10.6. The average molecular weight is 256 g/mol. The van der Waals surface area contributed by atoms with Gasteiger partial charge in [0, 0.05) is 18.6 Å². The molecule has 8 heteroatoms. The molecule has 0 saturated carbocycles. The van der Waals surface area contributed by atoms with Crippen molar-refractivity contribution in [2.24, 2.45) is 5.73 Å². The lowest BCUT2D eigenvalue weighted by Gasteiger charge is -2.11. The molecule has 1 heterocycles. The minimum Gasteiger partial charge on any atom is -0.475 e. The minimum absolute atomic E-state index is 0.105. The van der Waals surface area contributed by atoms with Crippen LogP contribution in [0.25, 0.3) is 0 Å². The van der Waals surface area contributed by atoms with E-state index in [9.17, 15) is 13.2 Å². The molecular formula is C9H15F3N2O3. The molecule has 1 rings (SSSR count). The summed E-state index contributed by atoms with van der Waals surface area (Å²) in [6, 6.07) is 0.307. The SMILES string of the molecule is N[C@H]1CC=C[C@H](CO)NC1.O=C(O)C(F)(F)F. The van der Waals surface area contributed by atoms with Crippen LogP contribution in [0.2, 0.25) is 0 Å². The molecule has 0 aromatic carbocycles. The predicted molar refractivity (Wildman–Crippen MR) is 54.3 cm³/mol. The second-order valence-corrected chi connectivity index (χ2v) is 3.42. The van der Waals surface area contributed by atoms with Crippen LogP contribution in [0, 0.1) is 0 Å². The summed E-state index contributed by atoms with van der Waals surface area (Å²) in [4.78, 5) is 8.90. The fourth-order valence-corrected chi connectivity index (χ4v) is 0.997. The van der Waals surface area contributed by atoms with Gasteiger partial charge in [0.05, 0.1) is 6.61 Å². The van der Waals surface area contributed by atoms with Crippen molar-refractivity contribution in [2.75, 3.05) is 13.2 Å². The van der Waals surface area contributed by atoms with E-state index >= 15 is 0 Å². The van der Waals surface area contributed by atoms with Crippen molar-refractivity contribution in [3.63, 3.8) is 0 Å². The Hall–Kier alpha value is -1.12. The van der Waals surface area contributed by atoms with E-state index in [1.165, 1.54) is 0 Å². The van der Waals surface area contributed by atoms with Gasteiger partial charge >= 0.3 is 12.1 Å². The number of nitrogens with two attached hydrogens (primary N) is 1. The maximum absolute atomic E-state index is 10.6. The maximum Gasteiger partial charge on any atom is 0.490 e. The molecule has 0 aromatic heterocycles. The lowest BCUT2D eigenvalue weighted by Crippen LogP contribution is -2.38. The van der Waals surface area contributed by atoms with Crippen LogP contribution >= 0.6 is 0 Å². The lowest BCUT2D eigenvalue weighted by molar-refractivity contribution is -0.192. The van der Waals surface area contributed by atoms with Crippen LogP contribution in [-0.2, 0) is 4.79 Å². The molecule has 17 heavy (non-hydrogen) atoms. The monoisotopic (exact) mass is 256 g/mol. The first-order valence-electron chi connectivity index (χ1n) is 4.84. The summed E-state index contributed by atoms with van der Waals surface area (Å²) in [5.41, 5.74) is 5.66. The third-order valence-electron chi connectivity index (χ3n) is 1.89. The summed E-state index contributed by atoms with van der Waals surface area (Å²) >= 11 is 0. The molecule has 0 unspecified atom stereocenters. The number of halogens is 3. The van der Waals surface area contributed by atoms with Crippen LogP contribution in [0.15, 0.2) is 12.2 Å². The normalized spacial score (nSPS) is 24.5. The van der Waals surface area contributed by atoms with Crippen molar-refractivity contribution in [1.82, 2.24) is 5.32 Å². The molecule has 0 bridgehead atoms. The van der Waals surface area contributed by atoms with Gasteiger partial charge in [-0.2, -0.15) is 13.2 Å². The van der Waals surface area contributed by atoms with E-state index in [2.05, 4.69) is 5.32 Å². The molecule has 0 fully saturated rings. The standard InChI is InChI=1S/C7H14N2O.C2HF3O2/c8-6-2-1-3-7(5-10)9-4-6;3-2(4,5)1(6)7/h1,3,6-7,9-10H,2,4-5,8H2;(H,6,7)/t6-,7+;/m0./s1. The van der Waals surface area contributed by atoms with E-state index < -0.39 is 12.1 Å². The summed E-state index contributed by atoms with van der Waals surface area (Å²) in [6.07, 6.45) is -0.193. The number of carbonyl (C=O) groups is 1. The number of nitrogens with one attached hydrogen (secondary N) is 1. The first-order valence-corrected chi connectivity index (χ1v) is 4.84. The Bertz CT molecular complexity index is 269. The van der Waals surface area contributed by atoms with Crippen molar-refractivity contribution in [3.8, 4) is 0 Å². The molecule has 1 aliphatic heterocycles. The van der Waals surface area contributed by atoms with E-state index in [0.717, 1.165) is 13.0 Å². The van der Waals surface area contributed by atoms with Gasteiger partial charge in [-0.25, -0.2) is 4.79 Å². The van der Waals surface area contributed by atoms with Gasteiger partial charge in [-0.15, -0.1) is 0 Å². The Morgan fingerprint density at radius 3 is 2.47 bits per heavy atom. The summed E-state index contributed by atoms with van der Waals surface area (Å²) in [5, 5.41) is 19.0. The molecule has 0 radical (unpaired) electrons. The van der Waals surface area contributed by atoms with Crippen LogP contribution in [0.3, 0.4) is 0 Å². The fourth-order valence-electron chi connectivity index (χ4n) is 0.997. The highest BCUT2D eigenvalue weighted by molar-refractivity contribution is 5.73. The zero-order valence-electron chi connectivity index (χ0n) is 8.94. The molecule has 5 N–H and O–H groups in total. The number of carboxylic acids is 1. The van der Waals surface area contributed by atoms with E-state index in [1.807, 2.05) is 12.2 Å². The van der Waals surface area contributed by atoms with Crippen LogP contribution in [0.1, 0.15) is 6.42 Å². The molecule has 0 saturated heterocycles. The molecule has 0 aliphatic carbocycles. The van der Waals surface area contributed by atoms with Gasteiger partial charge in [-0.1, -0.05) is 12.2 Å². The largest absolute Gasteiger partial charge is 0.490 e. The molecule has 1 aliphatic rings. The summed E-state index contributed by atoms with van der Waals surface area (Å²) in [7, 11) is 0. The second-order valence-electron chi connectivity index (χ2n) is 3.42. The van der Waals surface area contributed by atoms with Gasteiger partial charge in [-0.3, -0.25) is 0 Å². The van der Waals surface area contributed by atoms with Gasteiger partial charge < -0.3 is 21.3 Å². The highest BCUT2D eigenvalue weighted by Gasteiger charge is 2.38. The highest BCUT2D eigenvalue weighted by atomic mass is 19.4. The first kappa shape index (κ1) is 15.9. The highest BCUT2D eigenvalue weighted by Crippen LogP contribution is 2.13. The Morgan fingerprint density at radius 2 is 2.06 bits per heavy atom. The van der Waals surface area contributed by atoms with Crippen LogP contribution in [0.5, 0.6) is 0 Å². The molecule has 5 nitrogen and oxygen atoms in total. The number of alkyl halides is 3. The van der Waals surface area contributed by atoms with Crippen molar-refractivity contribution in [1.29, 1.82) is 0 Å². The van der Waals surface area contributed by atoms with Crippen molar-refractivity contribution in [2.45, 2.75) is 24.7 Å². The number of aliphatic hydroxyl groups is 1. The van der Waals surface area contributed by atoms with Gasteiger partial charge in [-0.05, 0) is 6.42 Å². The minimum atomic E-state index is -5.08. The van der Waals surface area contributed by atoms with E-state index in [1.54, 1.807) is 0 Å². The molecular weight excluding hydrogens is 241 g/mol. The summed E-state index contributed by atoms with van der Waals surface area (Å²) in [5.74, 6) is -2.76. The number of aliphatic hydroxyl groups excluding tert-OH is 1. The smallest absolute Gasteiger partial charge is 0.475 e. The van der Waals surface area contributed by atoms with E-state index in [4.69, 9.17) is 20.7 Å². The average Bonchev–Trinajstić information content (AvgIpc) is 2.42. The fraction of sp³-hybridized carbons (Fsp3) is 0.667. The van der Waals surface area contributed by atoms with Crippen molar-refractivity contribution < 1.29 is 28.2 Å². The van der Waals surface area contributed by atoms with Crippen LogP contribution < -0.4 is 11.1 Å². The third-order valence-corrected chi connectivity index (χ3v) is 1.89. The van der Waals surface area contributed by atoms with Gasteiger partial charge in [0.25, 0.3) is 0 Å². The molecule has 0 aromatic rings. The zero-order chi connectivity index (χ0) is 13.5. The topological polar surface area (TPSA) is 95.6 Å². The van der Waals surface area contributed by atoms with Gasteiger partial charge in [0.1, 0.15) is 0 Å². The Labute approximate surface area is 96.1 Å². The molecule has 0 spiro atoms. The van der Waals surface area contributed by atoms with Crippen LogP contribution in [0.4, 0.5) is 13.2 Å². The number of rotatable bonds is 1. The molecule has 2 atom stereocenters. The van der Waals surface area contributed by atoms with Gasteiger partial charge in [0.2, 0.25) is 0 Å². The Morgan fingerprint density at radius 1 is 1.53 bits per heavy atom. The second kappa shape index (κ2) is 7.25. The lowest BCUT2D eigenvalue weighted by atomic mass is 10.2. The predicted octanol–water partition coefficient (Wildman–Crippen LogP) is -0.143. The molecule has 100 valence electrons. The number of hydrogen-bond acceptors (Lipinski definition) is 4. The summed E-state index contributed by atoms with van der Waals surface area (Å²) in [6.45, 7) is 0.946. The van der Waals surface area contributed by atoms with Crippen molar-refractivity contribution in [3.05, 3.63) is 12.2 Å². The summed E-state index contributed by atoms with van der Waals surface area (Å²) < 4.78 is 31.7. The van der Waals surface area contributed by atoms with Crippen molar-refractivity contribution >= 4 is 5.97 Å². The Balaban J connectivity index is 0.000000325. The quantitative estimate of drug-likeness (QED) is 0.490. The molecule has 0 amide bonds. The Kier molecular flexibility index (Phi) is 6.78. The van der Waals surface area contributed by atoms with Gasteiger partial charge in [0.15, 0.2) is 0 Å². The van der Waals surface area contributed by atoms with Crippen LogP contribution in [-0.4, -0.2) is 47.6 Å².